The van der Waals surface area contributed by atoms with Gasteiger partial charge in [-0.3, -0.25) is 9.59 Å². The van der Waals surface area contributed by atoms with Gasteiger partial charge in [-0.2, -0.15) is 0 Å². The first-order valence-corrected chi connectivity index (χ1v) is 6.33. The number of amides is 1. The molecule has 0 bridgehead atoms. The number of aromatic amines is 1. The summed E-state index contributed by atoms with van der Waals surface area (Å²) in [6.07, 6.45) is 4.03. The van der Waals surface area contributed by atoms with Gasteiger partial charge in [-0.05, 0) is 47.3 Å². The van der Waals surface area contributed by atoms with Crippen molar-refractivity contribution >= 4 is 52.3 Å². The van der Waals surface area contributed by atoms with Crippen LogP contribution in [-0.4, -0.2) is 24.0 Å². The minimum atomic E-state index is -0.302. The van der Waals surface area contributed by atoms with Crippen molar-refractivity contribution < 1.29 is 4.79 Å². The third-order valence-corrected chi connectivity index (χ3v) is 3.02. The topological polar surface area (TPSA) is 74.0 Å². The van der Waals surface area contributed by atoms with E-state index in [4.69, 9.17) is 0 Å². The highest BCUT2D eigenvalue weighted by atomic mass is 79.9. The maximum atomic E-state index is 11.5. The molecule has 1 aliphatic rings. The first kappa shape index (κ1) is 18.4. The molecule has 8 heteroatoms. The van der Waals surface area contributed by atoms with Crippen molar-refractivity contribution in [3.05, 3.63) is 27.1 Å². The zero-order valence-corrected chi connectivity index (χ0v) is 13.3. The molecule has 108 valence electrons. The Morgan fingerprint density at radius 3 is 2.74 bits per heavy atom. The Morgan fingerprint density at radius 2 is 2.11 bits per heavy atom. The Morgan fingerprint density at radius 1 is 1.42 bits per heavy atom. The number of pyridine rings is 1. The molecule has 1 aliphatic carbocycles. The second-order valence-electron chi connectivity index (χ2n) is 4.18. The third-order valence-electron chi connectivity index (χ3n) is 2.56. The smallest absolute Gasteiger partial charge is 0.271 e. The zero-order valence-electron chi connectivity index (χ0n) is 10.1. The predicted molar refractivity (Wildman–Crippen MR) is 83.5 cm³/mol. The van der Waals surface area contributed by atoms with Crippen LogP contribution in [0.3, 0.4) is 0 Å². The van der Waals surface area contributed by atoms with Gasteiger partial charge in [0.2, 0.25) is 5.91 Å². The van der Waals surface area contributed by atoms with Crippen LogP contribution in [0.4, 0.5) is 5.69 Å². The van der Waals surface area contributed by atoms with Gasteiger partial charge >= 0.3 is 0 Å². The van der Waals surface area contributed by atoms with Gasteiger partial charge in [0, 0.05) is 10.7 Å². The SMILES string of the molecule is Cl.Cl.O=C(CNCC1CC1)Nc1cc(Br)c[nH]c1=O. The Bertz CT molecular complexity index is 477. The maximum Gasteiger partial charge on any atom is 0.271 e. The Balaban J connectivity index is 0.00000162. The molecule has 2 rings (SSSR count). The molecule has 1 fully saturated rings. The molecule has 19 heavy (non-hydrogen) atoms. The van der Waals surface area contributed by atoms with Crippen LogP contribution in [0.15, 0.2) is 21.5 Å². The monoisotopic (exact) mass is 371 g/mol. The molecule has 0 saturated heterocycles. The van der Waals surface area contributed by atoms with Gasteiger partial charge < -0.3 is 15.6 Å². The molecule has 5 nitrogen and oxygen atoms in total. The molecule has 1 aromatic heterocycles. The Kier molecular flexibility index (Phi) is 8.33. The highest BCUT2D eigenvalue weighted by Crippen LogP contribution is 2.27. The fraction of sp³-hybridized carbons (Fsp3) is 0.455. The Labute approximate surface area is 131 Å². The van der Waals surface area contributed by atoms with E-state index in [9.17, 15) is 9.59 Å². The maximum absolute atomic E-state index is 11.5. The number of halogens is 3. The second-order valence-corrected chi connectivity index (χ2v) is 5.10. The van der Waals surface area contributed by atoms with Crippen LogP contribution in [0.25, 0.3) is 0 Å². The summed E-state index contributed by atoms with van der Waals surface area (Å²) >= 11 is 3.23. The van der Waals surface area contributed by atoms with Gasteiger partial charge in [0.1, 0.15) is 5.69 Å². The van der Waals surface area contributed by atoms with Gasteiger partial charge in [-0.15, -0.1) is 24.8 Å². The van der Waals surface area contributed by atoms with Crippen molar-refractivity contribution in [1.82, 2.24) is 10.3 Å². The number of nitrogens with one attached hydrogen (secondary N) is 3. The van der Waals surface area contributed by atoms with Crippen LogP contribution in [0.2, 0.25) is 0 Å². The van der Waals surface area contributed by atoms with Crippen LogP contribution in [0.5, 0.6) is 0 Å². The molecule has 3 N–H and O–H groups in total. The first-order chi connectivity index (χ1) is 8.15. The van der Waals surface area contributed by atoms with E-state index in [1.807, 2.05) is 0 Å². The average Bonchev–Trinajstić information content (AvgIpc) is 3.07. The van der Waals surface area contributed by atoms with E-state index in [1.165, 1.54) is 19.0 Å². The second kappa shape index (κ2) is 8.58. The van der Waals surface area contributed by atoms with E-state index in [0.29, 0.717) is 0 Å². The molecule has 1 saturated carbocycles. The van der Waals surface area contributed by atoms with Crippen LogP contribution in [0, 0.1) is 5.92 Å². The lowest BCUT2D eigenvalue weighted by atomic mass is 10.4. The predicted octanol–water partition coefficient (Wildman–Crippen LogP) is 1.92. The van der Waals surface area contributed by atoms with Gasteiger partial charge in [-0.1, -0.05) is 0 Å². The quantitative estimate of drug-likeness (QED) is 0.739. The van der Waals surface area contributed by atoms with Crippen molar-refractivity contribution in [2.75, 3.05) is 18.4 Å². The van der Waals surface area contributed by atoms with Crippen LogP contribution >= 0.6 is 40.7 Å². The van der Waals surface area contributed by atoms with E-state index in [1.54, 1.807) is 6.07 Å². The molecule has 0 aromatic carbocycles. The standard InChI is InChI=1S/C11H14BrN3O2.2ClH/c12-8-3-9(11(17)14-5-8)15-10(16)6-13-4-7-1-2-7;;/h3,5,7,13H,1-2,4,6H2,(H,14,17)(H,15,16);2*1H. The first-order valence-electron chi connectivity index (χ1n) is 5.54. The van der Waals surface area contributed by atoms with Gasteiger partial charge in [-0.25, -0.2) is 0 Å². The van der Waals surface area contributed by atoms with E-state index >= 15 is 0 Å². The summed E-state index contributed by atoms with van der Waals surface area (Å²) in [4.78, 5) is 25.4. The summed E-state index contributed by atoms with van der Waals surface area (Å²) in [6.45, 7) is 1.12. The lowest BCUT2D eigenvalue weighted by molar-refractivity contribution is -0.115. The summed E-state index contributed by atoms with van der Waals surface area (Å²) in [7, 11) is 0. The fourth-order valence-electron chi connectivity index (χ4n) is 1.46. The van der Waals surface area contributed by atoms with E-state index in [-0.39, 0.29) is 48.5 Å². The normalized spacial score (nSPS) is 13.1. The highest BCUT2D eigenvalue weighted by Gasteiger charge is 2.20. The van der Waals surface area contributed by atoms with Gasteiger partial charge in [0.15, 0.2) is 0 Å². The molecule has 0 spiro atoms. The fourth-order valence-corrected chi connectivity index (χ4v) is 1.80. The minimum Gasteiger partial charge on any atom is -0.326 e. The molecule has 0 atom stereocenters. The van der Waals surface area contributed by atoms with Crippen molar-refractivity contribution in [2.45, 2.75) is 12.8 Å². The molecule has 0 radical (unpaired) electrons. The molecular formula is C11H16BrCl2N3O2. The lowest BCUT2D eigenvalue weighted by Gasteiger charge is -2.05. The van der Waals surface area contributed by atoms with Crippen molar-refractivity contribution in [2.24, 2.45) is 5.92 Å². The summed E-state index contributed by atoms with van der Waals surface area (Å²) in [5.41, 5.74) is -0.0404. The molecule has 0 aliphatic heterocycles. The summed E-state index contributed by atoms with van der Waals surface area (Å²) in [5, 5.41) is 5.64. The molecule has 0 unspecified atom stereocenters. The number of carbonyl (C=O) groups is 1. The summed E-state index contributed by atoms with van der Waals surface area (Å²) in [6, 6.07) is 1.58. The number of carbonyl (C=O) groups excluding carboxylic acids is 1. The van der Waals surface area contributed by atoms with Crippen molar-refractivity contribution in [3.63, 3.8) is 0 Å². The summed E-state index contributed by atoms with van der Waals surface area (Å²) in [5.74, 6) is 0.534. The number of hydrogen-bond acceptors (Lipinski definition) is 3. The average molecular weight is 373 g/mol. The van der Waals surface area contributed by atoms with E-state index in [0.717, 1.165) is 16.9 Å². The molecule has 1 aromatic rings. The van der Waals surface area contributed by atoms with Gasteiger partial charge in [0.05, 0.1) is 6.54 Å². The van der Waals surface area contributed by atoms with Gasteiger partial charge in [0.25, 0.3) is 5.56 Å². The molecule has 1 heterocycles. The number of rotatable bonds is 5. The largest absolute Gasteiger partial charge is 0.326 e. The van der Waals surface area contributed by atoms with Crippen molar-refractivity contribution in [1.29, 1.82) is 0 Å². The molecular weight excluding hydrogens is 357 g/mol. The summed E-state index contributed by atoms with van der Waals surface area (Å²) < 4.78 is 0.721. The highest BCUT2D eigenvalue weighted by molar-refractivity contribution is 9.10. The number of hydrogen-bond donors (Lipinski definition) is 3. The van der Waals surface area contributed by atoms with Crippen molar-refractivity contribution in [3.8, 4) is 0 Å². The van der Waals surface area contributed by atoms with E-state index < -0.39 is 0 Å². The van der Waals surface area contributed by atoms with Crippen LogP contribution in [0.1, 0.15) is 12.8 Å². The number of anilines is 1. The van der Waals surface area contributed by atoms with Crippen LogP contribution in [-0.2, 0) is 4.79 Å². The number of H-pyrrole nitrogens is 1. The zero-order chi connectivity index (χ0) is 12.3. The third kappa shape index (κ3) is 6.42. The van der Waals surface area contributed by atoms with Crippen LogP contribution < -0.4 is 16.2 Å². The number of aromatic nitrogens is 1. The Hall–Kier alpha value is -0.560. The molecule has 1 amide bonds. The lowest BCUT2D eigenvalue weighted by Crippen LogP contribution is -2.31. The minimum absolute atomic E-state index is 0. The van der Waals surface area contributed by atoms with E-state index in [2.05, 4.69) is 31.5 Å².